The molecule has 15 heavy (non-hydrogen) atoms. The largest absolute Gasteiger partial charge is 0.462 e. The summed E-state index contributed by atoms with van der Waals surface area (Å²) in [6.07, 6.45) is 4.01. The van der Waals surface area contributed by atoms with Crippen molar-refractivity contribution in [1.82, 2.24) is 5.32 Å². The van der Waals surface area contributed by atoms with Gasteiger partial charge in [0, 0.05) is 6.61 Å². The molecule has 0 bridgehead atoms. The van der Waals surface area contributed by atoms with Gasteiger partial charge in [0.25, 0.3) is 0 Å². The Balaban J connectivity index is 3.13. The maximum absolute atomic E-state index is 11.1. The number of esters is 1. The minimum Gasteiger partial charge on any atom is -0.462 e. The molecule has 2 N–H and O–H groups in total. The zero-order valence-corrected chi connectivity index (χ0v) is 9.79. The Morgan fingerprint density at radius 3 is 2.53 bits per heavy atom. The van der Waals surface area contributed by atoms with Crippen molar-refractivity contribution in [2.24, 2.45) is 0 Å². The smallest absolute Gasteiger partial charge is 0.320 e. The Morgan fingerprint density at radius 1 is 1.27 bits per heavy atom. The zero-order chi connectivity index (χ0) is 11.5. The Labute approximate surface area is 92.0 Å². The summed E-state index contributed by atoms with van der Waals surface area (Å²) >= 11 is 0. The van der Waals surface area contributed by atoms with Gasteiger partial charge in [0.05, 0.1) is 12.6 Å². The molecule has 0 atom stereocenters. The lowest BCUT2D eigenvalue weighted by molar-refractivity contribution is -0.146. The first kappa shape index (κ1) is 14.4. The van der Waals surface area contributed by atoms with E-state index in [1.165, 1.54) is 0 Å². The van der Waals surface area contributed by atoms with Crippen LogP contribution in [0.1, 0.15) is 39.5 Å². The number of nitrogens with one attached hydrogen (secondary N) is 1. The molecule has 0 amide bonds. The highest BCUT2D eigenvalue weighted by Crippen LogP contribution is 1.97. The summed E-state index contributed by atoms with van der Waals surface area (Å²) in [4.78, 5) is 11.1. The second kappa shape index (κ2) is 9.93. The summed E-state index contributed by atoms with van der Waals surface area (Å²) in [6.45, 7) is 5.07. The molecule has 0 rings (SSSR count). The third kappa shape index (κ3) is 11.3. The number of rotatable bonds is 9. The number of aliphatic hydroxyl groups is 1. The summed E-state index contributed by atoms with van der Waals surface area (Å²) in [5.74, 6) is -0.194. The minimum atomic E-state index is -0.194. The number of ether oxygens (including phenoxy) is 1. The molecule has 0 aliphatic carbocycles. The molecule has 90 valence electrons. The molecule has 0 aliphatic heterocycles. The van der Waals surface area contributed by atoms with Gasteiger partial charge in [0.2, 0.25) is 0 Å². The molecule has 0 heterocycles. The van der Waals surface area contributed by atoms with E-state index in [9.17, 15) is 4.79 Å². The first-order valence-electron chi connectivity index (χ1n) is 5.68. The lowest BCUT2D eigenvalue weighted by Crippen LogP contribution is -2.27. The van der Waals surface area contributed by atoms with E-state index < -0.39 is 0 Å². The fourth-order valence-electron chi connectivity index (χ4n) is 1.21. The predicted molar refractivity (Wildman–Crippen MR) is 59.7 cm³/mol. The van der Waals surface area contributed by atoms with Crippen molar-refractivity contribution >= 4 is 5.97 Å². The van der Waals surface area contributed by atoms with Crippen LogP contribution in [0.15, 0.2) is 0 Å². The molecule has 0 aromatic rings. The van der Waals surface area contributed by atoms with Gasteiger partial charge >= 0.3 is 5.97 Å². The van der Waals surface area contributed by atoms with E-state index in [4.69, 9.17) is 9.84 Å². The monoisotopic (exact) mass is 217 g/mol. The van der Waals surface area contributed by atoms with Gasteiger partial charge in [-0.25, -0.2) is 0 Å². The molecule has 4 heteroatoms. The lowest BCUT2D eigenvalue weighted by Gasteiger charge is -2.08. The highest BCUT2D eigenvalue weighted by molar-refractivity contribution is 5.71. The summed E-state index contributed by atoms with van der Waals surface area (Å²) in [5.41, 5.74) is 0. The van der Waals surface area contributed by atoms with Gasteiger partial charge in [-0.15, -0.1) is 0 Å². The fraction of sp³-hybridized carbons (Fsp3) is 0.909. The average Bonchev–Trinajstić information content (AvgIpc) is 2.15. The van der Waals surface area contributed by atoms with Crippen molar-refractivity contribution in [3.05, 3.63) is 0 Å². The van der Waals surface area contributed by atoms with Crippen molar-refractivity contribution in [3.63, 3.8) is 0 Å². The van der Waals surface area contributed by atoms with E-state index in [0.717, 1.165) is 32.2 Å². The van der Waals surface area contributed by atoms with E-state index in [-0.39, 0.29) is 25.2 Å². The number of aliphatic hydroxyl groups excluding tert-OH is 1. The molecule has 0 spiro atoms. The van der Waals surface area contributed by atoms with Crippen molar-refractivity contribution in [2.75, 3.05) is 19.7 Å². The summed E-state index contributed by atoms with van der Waals surface area (Å²) in [7, 11) is 0. The van der Waals surface area contributed by atoms with Crippen molar-refractivity contribution in [1.29, 1.82) is 0 Å². The van der Waals surface area contributed by atoms with Gasteiger partial charge < -0.3 is 15.2 Å². The molecule has 0 saturated heterocycles. The van der Waals surface area contributed by atoms with E-state index in [1.807, 2.05) is 13.8 Å². The summed E-state index contributed by atoms with van der Waals surface area (Å²) in [5, 5.41) is 11.6. The van der Waals surface area contributed by atoms with Crippen LogP contribution in [0.2, 0.25) is 0 Å². The molecule has 4 nitrogen and oxygen atoms in total. The van der Waals surface area contributed by atoms with Gasteiger partial charge in [-0.2, -0.15) is 0 Å². The van der Waals surface area contributed by atoms with Crippen LogP contribution in [0.3, 0.4) is 0 Å². The van der Waals surface area contributed by atoms with Crippen molar-refractivity contribution in [3.8, 4) is 0 Å². The highest BCUT2D eigenvalue weighted by atomic mass is 16.5. The van der Waals surface area contributed by atoms with Gasteiger partial charge in [-0.3, -0.25) is 4.79 Å². The van der Waals surface area contributed by atoms with Gasteiger partial charge in [0.15, 0.2) is 0 Å². The standard InChI is InChI=1S/C11H23NO3/c1-10(2)15-11(14)9-12-7-5-3-4-6-8-13/h10,12-13H,3-9H2,1-2H3. The number of hydrogen-bond acceptors (Lipinski definition) is 4. The normalized spacial score (nSPS) is 10.7. The third-order valence-electron chi connectivity index (χ3n) is 1.90. The SMILES string of the molecule is CC(C)OC(=O)CNCCCCCCO. The maximum Gasteiger partial charge on any atom is 0.320 e. The molecular weight excluding hydrogens is 194 g/mol. The quantitative estimate of drug-likeness (QED) is 0.448. The summed E-state index contributed by atoms with van der Waals surface area (Å²) in [6, 6.07) is 0. The van der Waals surface area contributed by atoms with Crippen LogP contribution in [0.5, 0.6) is 0 Å². The van der Waals surface area contributed by atoms with Crippen LogP contribution >= 0.6 is 0 Å². The van der Waals surface area contributed by atoms with Gasteiger partial charge in [-0.1, -0.05) is 12.8 Å². The molecule has 0 radical (unpaired) electrons. The van der Waals surface area contributed by atoms with Crippen LogP contribution in [0.25, 0.3) is 0 Å². The van der Waals surface area contributed by atoms with Crippen LogP contribution in [-0.4, -0.2) is 36.9 Å². The summed E-state index contributed by atoms with van der Waals surface area (Å²) < 4.78 is 4.96. The van der Waals surface area contributed by atoms with E-state index in [0.29, 0.717) is 0 Å². The molecule has 0 aromatic heterocycles. The van der Waals surface area contributed by atoms with E-state index in [2.05, 4.69) is 5.32 Å². The Morgan fingerprint density at radius 2 is 1.93 bits per heavy atom. The third-order valence-corrected chi connectivity index (χ3v) is 1.90. The lowest BCUT2D eigenvalue weighted by atomic mass is 10.2. The number of carbonyl (C=O) groups excluding carboxylic acids is 1. The van der Waals surface area contributed by atoms with Gasteiger partial charge in [0.1, 0.15) is 0 Å². The zero-order valence-electron chi connectivity index (χ0n) is 9.79. The Hall–Kier alpha value is -0.610. The van der Waals surface area contributed by atoms with Crippen molar-refractivity contribution < 1.29 is 14.6 Å². The molecule has 0 aromatic carbocycles. The van der Waals surface area contributed by atoms with Crippen LogP contribution in [0.4, 0.5) is 0 Å². The average molecular weight is 217 g/mol. The topological polar surface area (TPSA) is 58.6 Å². The molecule has 0 unspecified atom stereocenters. The van der Waals surface area contributed by atoms with Crippen LogP contribution < -0.4 is 5.32 Å². The first-order valence-corrected chi connectivity index (χ1v) is 5.68. The minimum absolute atomic E-state index is 0.0381. The number of carbonyl (C=O) groups is 1. The highest BCUT2D eigenvalue weighted by Gasteiger charge is 2.03. The van der Waals surface area contributed by atoms with Crippen LogP contribution in [-0.2, 0) is 9.53 Å². The van der Waals surface area contributed by atoms with Crippen LogP contribution in [0, 0.1) is 0 Å². The van der Waals surface area contributed by atoms with Crippen molar-refractivity contribution in [2.45, 2.75) is 45.6 Å². The molecule has 0 aliphatic rings. The second-order valence-electron chi connectivity index (χ2n) is 3.85. The second-order valence-corrected chi connectivity index (χ2v) is 3.85. The Bertz CT molecular complexity index is 160. The fourth-order valence-corrected chi connectivity index (χ4v) is 1.21. The first-order chi connectivity index (χ1) is 7.16. The maximum atomic E-state index is 11.1. The molecule has 0 saturated carbocycles. The number of hydrogen-bond donors (Lipinski definition) is 2. The number of unbranched alkanes of at least 4 members (excludes halogenated alkanes) is 3. The van der Waals surface area contributed by atoms with Gasteiger partial charge in [-0.05, 0) is 33.2 Å². The van der Waals surface area contributed by atoms with E-state index >= 15 is 0 Å². The van der Waals surface area contributed by atoms with E-state index in [1.54, 1.807) is 0 Å². The molecule has 0 fully saturated rings. The molecular formula is C11H23NO3. The Kier molecular flexibility index (Phi) is 9.52. The predicted octanol–water partition coefficient (Wildman–Crippen LogP) is 1.08.